The topological polar surface area (TPSA) is 64.4 Å². The van der Waals surface area contributed by atoms with E-state index in [4.69, 9.17) is 9.84 Å². The molecule has 0 atom stereocenters. The second-order valence-corrected chi connectivity index (χ2v) is 3.33. The fraction of sp³-hybridized carbons (Fsp3) is 0.600. The minimum Gasteiger partial charge on any atom is -0.493 e. The molecule has 0 unspecified atom stereocenters. The van der Waals surface area contributed by atoms with Gasteiger partial charge in [-0.2, -0.15) is 9.78 Å². The van der Waals surface area contributed by atoms with Crippen LogP contribution in [0.3, 0.4) is 0 Å². The molecule has 1 heterocycles. The zero-order chi connectivity index (χ0) is 11.3. The lowest BCUT2D eigenvalue weighted by molar-refractivity contribution is 0.192. The molecule has 0 fully saturated rings. The van der Waals surface area contributed by atoms with Crippen LogP contribution in [0.2, 0.25) is 0 Å². The molecule has 1 aromatic heterocycles. The van der Waals surface area contributed by atoms with Gasteiger partial charge in [0.2, 0.25) is 0 Å². The summed E-state index contributed by atoms with van der Waals surface area (Å²) in [5.41, 5.74) is 0.716. The summed E-state index contributed by atoms with van der Waals surface area (Å²) >= 11 is 0. The van der Waals surface area contributed by atoms with Gasteiger partial charge in [-0.15, -0.1) is 0 Å². The maximum atomic E-state index is 10.7. The van der Waals surface area contributed by atoms with Crippen LogP contribution in [-0.4, -0.2) is 28.1 Å². The zero-order valence-electron chi connectivity index (χ0n) is 9.06. The number of aromatic nitrogens is 2. The highest BCUT2D eigenvalue weighted by molar-refractivity contribution is 5.67. The van der Waals surface area contributed by atoms with Gasteiger partial charge in [0.25, 0.3) is 0 Å². The van der Waals surface area contributed by atoms with Crippen molar-refractivity contribution in [1.29, 1.82) is 0 Å². The van der Waals surface area contributed by atoms with Gasteiger partial charge >= 0.3 is 6.09 Å². The predicted octanol–water partition coefficient (Wildman–Crippen LogP) is 2.15. The first-order valence-corrected chi connectivity index (χ1v) is 5.04. The monoisotopic (exact) mass is 212 g/mol. The maximum absolute atomic E-state index is 10.7. The lowest BCUT2D eigenvalue weighted by Gasteiger charge is -1.99. The first-order valence-electron chi connectivity index (χ1n) is 5.04. The van der Waals surface area contributed by atoms with Crippen molar-refractivity contribution in [2.45, 2.75) is 32.6 Å². The Bertz CT molecular complexity index is 333. The quantitative estimate of drug-likeness (QED) is 0.759. The molecule has 0 saturated carbocycles. The molecule has 0 aliphatic rings. The van der Waals surface area contributed by atoms with Crippen molar-refractivity contribution < 1.29 is 14.6 Å². The normalized spacial score (nSPS) is 10.3. The van der Waals surface area contributed by atoms with E-state index in [2.05, 4.69) is 12.0 Å². The number of carboxylic acid groups (broad SMARTS) is 1. The Hall–Kier alpha value is -1.52. The maximum Gasteiger partial charge on any atom is 0.432 e. The van der Waals surface area contributed by atoms with Crippen molar-refractivity contribution in [3.05, 3.63) is 11.9 Å². The highest BCUT2D eigenvalue weighted by atomic mass is 16.5. The van der Waals surface area contributed by atoms with Crippen molar-refractivity contribution in [2.75, 3.05) is 7.11 Å². The largest absolute Gasteiger partial charge is 0.493 e. The molecule has 0 spiro atoms. The third-order valence-electron chi connectivity index (χ3n) is 2.19. The van der Waals surface area contributed by atoms with Crippen molar-refractivity contribution in [1.82, 2.24) is 9.78 Å². The van der Waals surface area contributed by atoms with E-state index in [1.807, 2.05) is 0 Å². The summed E-state index contributed by atoms with van der Waals surface area (Å²) in [5.74, 6) is 0.550. The summed E-state index contributed by atoms with van der Waals surface area (Å²) < 4.78 is 5.95. The van der Waals surface area contributed by atoms with Gasteiger partial charge in [0.15, 0.2) is 5.75 Å². The van der Waals surface area contributed by atoms with Crippen molar-refractivity contribution in [3.8, 4) is 5.75 Å². The van der Waals surface area contributed by atoms with Crippen molar-refractivity contribution in [2.24, 2.45) is 0 Å². The first kappa shape index (κ1) is 11.6. The van der Waals surface area contributed by atoms with Gasteiger partial charge in [0, 0.05) is 0 Å². The Morgan fingerprint density at radius 3 is 2.87 bits per heavy atom. The number of carbonyl (C=O) groups is 1. The molecule has 0 aromatic carbocycles. The van der Waals surface area contributed by atoms with E-state index in [0.717, 1.165) is 30.4 Å². The number of unbranched alkanes of at least 4 members (excludes halogenated alkanes) is 2. The highest BCUT2D eigenvalue weighted by Gasteiger charge is 2.12. The van der Waals surface area contributed by atoms with Crippen LogP contribution in [0.5, 0.6) is 5.75 Å². The molecule has 5 nitrogen and oxygen atoms in total. The number of methoxy groups -OCH3 is 1. The SMILES string of the molecule is CCCCCc1nn(C(=O)O)cc1OC. The molecule has 0 radical (unpaired) electrons. The molecule has 0 saturated heterocycles. The lowest BCUT2D eigenvalue weighted by Crippen LogP contribution is -2.08. The first-order chi connectivity index (χ1) is 7.19. The van der Waals surface area contributed by atoms with Crippen LogP contribution in [0.4, 0.5) is 4.79 Å². The summed E-state index contributed by atoms with van der Waals surface area (Å²) in [6, 6.07) is 0. The fourth-order valence-corrected chi connectivity index (χ4v) is 1.38. The van der Waals surface area contributed by atoms with Gasteiger partial charge < -0.3 is 9.84 Å². The molecule has 84 valence electrons. The molecular formula is C10H16N2O3. The number of rotatable bonds is 5. The molecule has 1 rings (SSSR count). The molecule has 0 amide bonds. The van der Waals surface area contributed by atoms with Gasteiger partial charge in [-0.05, 0) is 12.8 Å². The van der Waals surface area contributed by atoms with Gasteiger partial charge in [0.05, 0.1) is 13.3 Å². The Morgan fingerprint density at radius 1 is 1.60 bits per heavy atom. The smallest absolute Gasteiger partial charge is 0.432 e. The second kappa shape index (κ2) is 5.38. The van der Waals surface area contributed by atoms with E-state index >= 15 is 0 Å². The number of nitrogens with zero attached hydrogens (tertiary/aromatic N) is 2. The number of hydrogen-bond donors (Lipinski definition) is 1. The molecule has 0 bridgehead atoms. The number of aryl methyl sites for hydroxylation is 1. The average Bonchev–Trinajstić information content (AvgIpc) is 2.62. The van der Waals surface area contributed by atoms with E-state index in [0.29, 0.717) is 11.4 Å². The minimum absolute atomic E-state index is 0.550. The van der Waals surface area contributed by atoms with E-state index in [-0.39, 0.29) is 0 Å². The predicted molar refractivity (Wildman–Crippen MR) is 55.4 cm³/mol. The van der Waals surface area contributed by atoms with Crippen LogP contribution in [0.1, 0.15) is 31.9 Å². The Morgan fingerprint density at radius 2 is 2.33 bits per heavy atom. The molecule has 15 heavy (non-hydrogen) atoms. The minimum atomic E-state index is -1.09. The molecule has 5 heteroatoms. The van der Waals surface area contributed by atoms with Crippen LogP contribution in [0.15, 0.2) is 6.20 Å². The van der Waals surface area contributed by atoms with Gasteiger partial charge in [-0.1, -0.05) is 19.8 Å². The number of hydrogen-bond acceptors (Lipinski definition) is 3. The van der Waals surface area contributed by atoms with E-state index in [1.54, 1.807) is 0 Å². The van der Waals surface area contributed by atoms with Crippen LogP contribution >= 0.6 is 0 Å². The summed E-state index contributed by atoms with van der Waals surface area (Å²) in [6.07, 6.45) is 4.31. The molecular weight excluding hydrogens is 196 g/mol. The molecule has 0 aliphatic heterocycles. The Kier molecular flexibility index (Phi) is 4.15. The van der Waals surface area contributed by atoms with Crippen LogP contribution in [-0.2, 0) is 6.42 Å². The average molecular weight is 212 g/mol. The number of ether oxygens (including phenoxy) is 1. The lowest BCUT2D eigenvalue weighted by atomic mass is 10.1. The fourth-order valence-electron chi connectivity index (χ4n) is 1.38. The Balaban J connectivity index is 2.72. The summed E-state index contributed by atoms with van der Waals surface area (Å²) in [5, 5.41) is 12.7. The van der Waals surface area contributed by atoms with E-state index in [1.165, 1.54) is 13.3 Å². The van der Waals surface area contributed by atoms with Gasteiger partial charge in [0.1, 0.15) is 5.69 Å². The molecule has 1 aromatic rings. The van der Waals surface area contributed by atoms with Gasteiger partial charge in [-0.25, -0.2) is 4.79 Å². The van der Waals surface area contributed by atoms with Crippen molar-refractivity contribution in [3.63, 3.8) is 0 Å². The molecule has 0 aliphatic carbocycles. The second-order valence-electron chi connectivity index (χ2n) is 3.33. The summed E-state index contributed by atoms with van der Waals surface area (Å²) in [7, 11) is 1.52. The summed E-state index contributed by atoms with van der Waals surface area (Å²) in [4.78, 5) is 10.7. The van der Waals surface area contributed by atoms with Crippen LogP contribution < -0.4 is 4.74 Å². The highest BCUT2D eigenvalue weighted by Crippen LogP contribution is 2.18. The zero-order valence-corrected chi connectivity index (χ0v) is 9.06. The molecule has 1 N–H and O–H groups in total. The standard InChI is InChI=1S/C10H16N2O3/c1-3-4-5-6-8-9(15-2)7-12(11-8)10(13)14/h7H,3-6H2,1-2H3,(H,13,14). The van der Waals surface area contributed by atoms with E-state index < -0.39 is 6.09 Å². The third kappa shape index (κ3) is 2.97. The summed E-state index contributed by atoms with van der Waals surface area (Å²) in [6.45, 7) is 2.12. The van der Waals surface area contributed by atoms with Crippen molar-refractivity contribution >= 4 is 6.09 Å². The third-order valence-corrected chi connectivity index (χ3v) is 2.19. The Labute approximate surface area is 88.7 Å². The van der Waals surface area contributed by atoms with Crippen LogP contribution in [0.25, 0.3) is 0 Å². The van der Waals surface area contributed by atoms with Gasteiger partial charge in [-0.3, -0.25) is 0 Å². The van der Waals surface area contributed by atoms with E-state index in [9.17, 15) is 4.79 Å². The van der Waals surface area contributed by atoms with Crippen LogP contribution in [0, 0.1) is 0 Å².